The molecule has 0 aromatic heterocycles. The second-order valence-corrected chi connectivity index (χ2v) is 10.2. The van der Waals surface area contributed by atoms with Crippen molar-refractivity contribution in [3.05, 3.63) is 58.7 Å². The van der Waals surface area contributed by atoms with Gasteiger partial charge in [-0.3, -0.25) is 0 Å². The monoisotopic (exact) mass is 433 g/mol. The van der Waals surface area contributed by atoms with E-state index in [4.69, 9.17) is 0 Å². The lowest BCUT2D eigenvalue weighted by Crippen LogP contribution is -2.30. The molecule has 0 aliphatic carbocycles. The molecule has 0 radical (unpaired) electrons. The molecule has 2 aromatic rings. The summed E-state index contributed by atoms with van der Waals surface area (Å²) in [5, 5.41) is 20.7. The van der Waals surface area contributed by atoms with E-state index in [-0.39, 0.29) is 16.4 Å². The highest BCUT2D eigenvalue weighted by atomic mass is 19.4. The van der Waals surface area contributed by atoms with Crippen molar-refractivity contribution in [3.8, 4) is 5.75 Å². The largest absolute Gasteiger partial charge is 0.507 e. The number of anilines is 1. The Bertz CT molecular complexity index is 940. The fraction of sp³-hybridized carbons (Fsp3) is 0.500. The van der Waals surface area contributed by atoms with Gasteiger partial charge in [0.05, 0.1) is 0 Å². The van der Waals surface area contributed by atoms with Crippen LogP contribution >= 0.6 is 0 Å². The first-order valence-corrected chi connectivity index (χ1v) is 10.4. The minimum absolute atomic E-state index is 0.0416. The molecule has 0 unspecified atom stereocenters. The van der Waals surface area contributed by atoms with Crippen LogP contribution in [0.2, 0.25) is 0 Å². The minimum atomic E-state index is -4.51. The normalized spacial score (nSPS) is 15.8. The molecule has 0 saturated heterocycles. The van der Waals surface area contributed by atoms with Gasteiger partial charge in [-0.1, -0.05) is 65.8 Å². The standard InChI is InChI=1S/C24H30F3N3O/c1-21(2,3)18-13-17(14-19(20(18)31)22(4,5)6)28-12-11-15-7-9-16(10-8-15)23(29-30-23)24(25,26)27/h7-10,13-14,28,31H,11-12H2,1-6H3. The van der Waals surface area contributed by atoms with Gasteiger partial charge in [0.15, 0.2) is 0 Å². The fourth-order valence-electron chi connectivity index (χ4n) is 3.58. The van der Waals surface area contributed by atoms with E-state index in [1.165, 1.54) is 12.1 Å². The molecule has 1 heterocycles. The average Bonchev–Trinajstić information content (AvgIpc) is 3.43. The molecule has 168 valence electrons. The van der Waals surface area contributed by atoms with Crippen molar-refractivity contribution >= 4 is 5.69 Å². The quantitative estimate of drug-likeness (QED) is 0.508. The van der Waals surface area contributed by atoms with Gasteiger partial charge in [0.25, 0.3) is 0 Å². The Balaban J connectivity index is 1.72. The van der Waals surface area contributed by atoms with Gasteiger partial charge >= 0.3 is 11.8 Å². The van der Waals surface area contributed by atoms with Crippen LogP contribution in [0.5, 0.6) is 5.75 Å². The zero-order chi connectivity index (χ0) is 23.2. The van der Waals surface area contributed by atoms with Crippen molar-refractivity contribution in [1.82, 2.24) is 0 Å². The number of nitrogens with one attached hydrogen (secondary N) is 1. The number of phenols is 1. The maximum atomic E-state index is 13.1. The third kappa shape index (κ3) is 4.70. The van der Waals surface area contributed by atoms with Crippen LogP contribution in [0.4, 0.5) is 18.9 Å². The number of hydrogen-bond donors (Lipinski definition) is 2. The van der Waals surface area contributed by atoms with Gasteiger partial charge in [0, 0.05) is 28.9 Å². The Morgan fingerprint density at radius 2 is 1.35 bits per heavy atom. The fourth-order valence-corrected chi connectivity index (χ4v) is 3.58. The summed E-state index contributed by atoms with van der Waals surface area (Å²) in [6.07, 6.45) is -3.87. The third-order valence-corrected chi connectivity index (χ3v) is 5.52. The van der Waals surface area contributed by atoms with Crippen molar-refractivity contribution in [2.24, 2.45) is 10.2 Å². The summed E-state index contributed by atoms with van der Waals surface area (Å²) in [4.78, 5) is 0. The summed E-state index contributed by atoms with van der Waals surface area (Å²) in [5.74, 6) is 0.329. The van der Waals surface area contributed by atoms with Crippen molar-refractivity contribution in [3.63, 3.8) is 0 Å². The van der Waals surface area contributed by atoms with Crippen LogP contribution in [0, 0.1) is 0 Å². The molecular weight excluding hydrogens is 403 g/mol. The first-order chi connectivity index (χ1) is 14.1. The number of halogens is 3. The van der Waals surface area contributed by atoms with Crippen molar-refractivity contribution in [2.75, 3.05) is 11.9 Å². The Kier molecular flexibility index (Phi) is 5.61. The van der Waals surface area contributed by atoms with E-state index in [9.17, 15) is 18.3 Å². The van der Waals surface area contributed by atoms with E-state index in [0.29, 0.717) is 18.7 Å². The highest BCUT2D eigenvalue weighted by Crippen LogP contribution is 2.52. The number of aromatic hydroxyl groups is 1. The minimum Gasteiger partial charge on any atom is -0.507 e. The second-order valence-electron chi connectivity index (χ2n) is 10.2. The molecule has 2 N–H and O–H groups in total. The zero-order valence-electron chi connectivity index (χ0n) is 18.9. The molecule has 1 aliphatic heterocycles. The Morgan fingerprint density at radius 3 is 1.74 bits per heavy atom. The summed E-state index contributed by atoms with van der Waals surface area (Å²) >= 11 is 0. The van der Waals surface area contributed by atoms with Gasteiger partial charge in [-0.25, -0.2) is 0 Å². The van der Waals surface area contributed by atoms with Gasteiger partial charge in [-0.05, 0) is 34.9 Å². The van der Waals surface area contributed by atoms with Crippen LogP contribution < -0.4 is 5.32 Å². The first kappa shape index (κ1) is 23.1. The Labute approximate surface area is 181 Å². The number of alkyl halides is 3. The molecule has 7 heteroatoms. The SMILES string of the molecule is CC(C)(C)c1cc(NCCc2ccc(C3(C(F)(F)F)N=N3)cc2)cc(C(C)(C)C)c1O. The van der Waals surface area contributed by atoms with E-state index in [1.807, 2.05) is 12.1 Å². The molecule has 31 heavy (non-hydrogen) atoms. The molecule has 0 saturated carbocycles. The van der Waals surface area contributed by atoms with Gasteiger partial charge in [-0.15, -0.1) is 10.2 Å². The molecule has 1 aliphatic rings. The third-order valence-electron chi connectivity index (χ3n) is 5.52. The van der Waals surface area contributed by atoms with E-state index < -0.39 is 11.8 Å². The van der Waals surface area contributed by atoms with Crippen molar-refractivity contribution in [2.45, 2.75) is 70.6 Å². The van der Waals surface area contributed by atoms with Crippen LogP contribution in [-0.2, 0) is 22.9 Å². The predicted molar refractivity (Wildman–Crippen MR) is 117 cm³/mol. The highest BCUT2D eigenvalue weighted by Gasteiger charge is 2.65. The van der Waals surface area contributed by atoms with Gasteiger partial charge in [0.2, 0.25) is 0 Å². The zero-order valence-corrected chi connectivity index (χ0v) is 18.9. The van der Waals surface area contributed by atoms with Gasteiger partial charge in [0.1, 0.15) is 5.75 Å². The number of phenolic OH excluding ortho intramolecular Hbond substituents is 1. The van der Waals surface area contributed by atoms with Crippen molar-refractivity contribution < 1.29 is 18.3 Å². The Morgan fingerprint density at radius 1 is 0.871 bits per heavy atom. The van der Waals surface area contributed by atoms with E-state index >= 15 is 0 Å². The van der Waals surface area contributed by atoms with Gasteiger partial charge in [-0.2, -0.15) is 13.2 Å². The molecule has 3 rings (SSSR count). The van der Waals surface area contributed by atoms with Crippen LogP contribution in [-0.4, -0.2) is 17.8 Å². The van der Waals surface area contributed by atoms with E-state index in [0.717, 1.165) is 22.4 Å². The first-order valence-electron chi connectivity index (χ1n) is 10.4. The lowest BCUT2D eigenvalue weighted by atomic mass is 9.79. The van der Waals surface area contributed by atoms with Gasteiger partial charge < -0.3 is 10.4 Å². The molecule has 4 nitrogen and oxygen atoms in total. The van der Waals surface area contributed by atoms with Crippen LogP contribution in [0.1, 0.15) is 63.8 Å². The Hall–Kier alpha value is -2.57. The molecule has 0 atom stereocenters. The van der Waals surface area contributed by atoms with Crippen LogP contribution in [0.15, 0.2) is 46.6 Å². The summed E-state index contributed by atoms with van der Waals surface area (Å²) in [6, 6.07) is 10.2. The van der Waals surface area contributed by atoms with E-state index in [1.54, 1.807) is 12.1 Å². The average molecular weight is 434 g/mol. The number of rotatable bonds is 5. The number of benzene rings is 2. The molecule has 0 fully saturated rings. The highest BCUT2D eigenvalue weighted by molar-refractivity contribution is 5.59. The van der Waals surface area contributed by atoms with E-state index in [2.05, 4.69) is 57.1 Å². The summed E-state index contributed by atoms with van der Waals surface area (Å²) in [5.41, 5.74) is 0.816. The topological polar surface area (TPSA) is 57.0 Å². The maximum Gasteiger partial charge on any atom is 0.442 e. The molecular formula is C24H30F3N3O. The van der Waals surface area contributed by atoms with Crippen molar-refractivity contribution in [1.29, 1.82) is 0 Å². The predicted octanol–water partition coefficient (Wildman–Crippen LogP) is 6.82. The summed E-state index contributed by atoms with van der Waals surface area (Å²) in [7, 11) is 0. The maximum absolute atomic E-state index is 13.1. The van der Waals surface area contributed by atoms with Crippen LogP contribution in [0.3, 0.4) is 0 Å². The molecule has 0 bridgehead atoms. The number of hydrogen-bond acceptors (Lipinski definition) is 4. The smallest absolute Gasteiger partial charge is 0.442 e. The molecule has 0 spiro atoms. The van der Waals surface area contributed by atoms with Crippen LogP contribution in [0.25, 0.3) is 0 Å². The summed E-state index contributed by atoms with van der Waals surface area (Å²) in [6.45, 7) is 13.0. The lowest BCUT2D eigenvalue weighted by molar-refractivity contribution is -0.166. The second kappa shape index (κ2) is 7.53. The molecule has 0 amide bonds. The molecule has 2 aromatic carbocycles. The lowest BCUT2D eigenvalue weighted by Gasteiger charge is -2.28. The number of nitrogens with zero attached hydrogens (tertiary/aromatic N) is 2. The summed E-state index contributed by atoms with van der Waals surface area (Å²) < 4.78 is 39.4.